The molecule has 0 aromatic heterocycles. The molecule has 0 bridgehead atoms. The van der Waals surface area contributed by atoms with E-state index < -0.39 is 0 Å². The molecule has 0 radical (unpaired) electrons. The van der Waals surface area contributed by atoms with E-state index in [1.165, 1.54) is 4.97 Å². The van der Waals surface area contributed by atoms with Crippen molar-refractivity contribution in [3.8, 4) is 4.97 Å². The molecule has 4 heteroatoms. The van der Waals surface area contributed by atoms with Crippen LogP contribution < -0.4 is 0 Å². The normalized spacial score (nSPS) is 3.20. The van der Waals surface area contributed by atoms with Crippen LogP contribution in [0.3, 0.4) is 0 Å². The summed E-state index contributed by atoms with van der Waals surface area (Å²) in [6.45, 7) is 0. The van der Waals surface area contributed by atoms with Gasteiger partial charge in [-0.15, -0.1) is 0 Å². The topological polar surface area (TPSA) is 23.8 Å². The Bertz CT molecular complexity index is 31.1. The molecule has 0 spiro atoms. The Morgan fingerprint density at radius 3 is 1.60 bits per heavy atom. The van der Waals surface area contributed by atoms with Gasteiger partial charge in [0, 0.05) is 0 Å². The molecular weight excluding hydrogens is 189 g/mol. The second-order valence-electron chi connectivity index (χ2n) is 0.0674. The second kappa shape index (κ2) is 21.2. The summed E-state index contributed by atoms with van der Waals surface area (Å²) >= 11 is 7.47. The molecule has 0 atom stereocenters. The first-order valence-corrected chi connectivity index (χ1v) is 2.25. The van der Waals surface area contributed by atoms with Crippen LogP contribution in [0.5, 0.6) is 0 Å². The van der Waals surface area contributed by atoms with E-state index in [1.807, 2.05) is 0 Å². The number of rotatable bonds is 0. The molecule has 1 nitrogen and oxygen atoms in total. The summed E-state index contributed by atoms with van der Waals surface area (Å²) in [5.74, 6) is 0. The monoisotopic (exact) mass is 187 g/mol. The summed E-state index contributed by atoms with van der Waals surface area (Å²) in [6.07, 6.45) is 0. The molecule has 0 N–H and O–H groups in total. The van der Waals surface area contributed by atoms with Crippen molar-refractivity contribution >= 4 is 10.1 Å². The number of nitrogens with zero attached hydrogens (tertiary/aromatic N) is 1. The molecule has 0 fully saturated rings. The van der Waals surface area contributed by atoms with Crippen molar-refractivity contribution in [2.45, 2.75) is 0 Å². The van der Waals surface area contributed by atoms with Gasteiger partial charge in [0.25, 0.3) is 0 Å². The standard InChI is InChI=1S/CN.ClH.2Cu/c1-2;;;/h;1H;;/q;;;+1/p-1. The molecule has 0 aromatic rings. The summed E-state index contributed by atoms with van der Waals surface area (Å²) in [7, 11) is 4.20. The van der Waals surface area contributed by atoms with Crippen molar-refractivity contribution in [1.82, 2.24) is 0 Å². The van der Waals surface area contributed by atoms with Gasteiger partial charge in [-0.25, -0.2) is 0 Å². The maximum atomic E-state index is 7.12. The summed E-state index contributed by atoms with van der Waals surface area (Å²) in [5, 5.41) is 7.12. The van der Waals surface area contributed by atoms with Gasteiger partial charge in [-0.2, -0.15) is 0 Å². The summed E-state index contributed by atoms with van der Waals surface area (Å²) in [6, 6.07) is 0. The fourth-order valence-electron chi connectivity index (χ4n) is 0. The van der Waals surface area contributed by atoms with Gasteiger partial charge < -0.3 is 0 Å². The van der Waals surface area contributed by atoms with Gasteiger partial charge in [-0.3, -0.25) is 0 Å². The third-order valence-corrected chi connectivity index (χ3v) is 0. The van der Waals surface area contributed by atoms with Gasteiger partial charge in [0.1, 0.15) is 0 Å². The van der Waals surface area contributed by atoms with Gasteiger partial charge >= 0.3 is 51.4 Å². The molecule has 0 aliphatic rings. The third kappa shape index (κ3) is 57.1. The number of hydrogen-bond donors (Lipinski definition) is 0. The van der Waals surface area contributed by atoms with Gasteiger partial charge in [0.05, 0.1) is 0 Å². The van der Waals surface area contributed by atoms with E-state index >= 15 is 0 Å². The predicted octanol–water partition coefficient (Wildman–Crippen LogP) is 0.701. The van der Waals surface area contributed by atoms with Crippen LogP contribution in [0.1, 0.15) is 0 Å². The molecule has 0 amide bonds. The van der Waals surface area contributed by atoms with E-state index in [2.05, 4.69) is 41.2 Å². The fraction of sp³-hybridized carbons (Fsp3) is 0. The average molecular weight is 189 g/mol. The quantitative estimate of drug-likeness (QED) is 0.514. The van der Waals surface area contributed by atoms with E-state index in [-0.39, 0.29) is 0 Å². The van der Waals surface area contributed by atoms with Crippen LogP contribution in [0.2, 0.25) is 0 Å². The van der Waals surface area contributed by atoms with Crippen LogP contribution in [-0.2, 0) is 31.1 Å². The van der Waals surface area contributed by atoms with Crippen molar-refractivity contribution in [3.05, 3.63) is 0 Å². The first-order valence-electron chi connectivity index (χ1n) is 0.488. The first-order chi connectivity index (χ1) is 2.41. The van der Waals surface area contributed by atoms with E-state index in [0.717, 1.165) is 0 Å². The summed E-state index contributed by atoms with van der Waals surface area (Å²) in [4.78, 5) is 1.31. The summed E-state index contributed by atoms with van der Waals surface area (Å²) in [5.41, 5.74) is 0. The van der Waals surface area contributed by atoms with Crippen LogP contribution in [0, 0.1) is 10.2 Å². The Labute approximate surface area is 51.5 Å². The minimum atomic E-state index is 1.31. The van der Waals surface area contributed by atoms with Crippen LogP contribution in [-0.4, -0.2) is 0 Å². The number of hydrogen-bond acceptors (Lipinski definition) is 1. The van der Waals surface area contributed by atoms with Crippen molar-refractivity contribution in [2.75, 3.05) is 0 Å². The average Bonchev–Trinajstić information content (AvgIpc) is 1.46. The molecule has 0 saturated heterocycles. The van der Waals surface area contributed by atoms with Crippen LogP contribution in [0.15, 0.2) is 0 Å². The molecule has 0 aromatic carbocycles. The van der Waals surface area contributed by atoms with Gasteiger partial charge in [-0.1, -0.05) is 0 Å². The zero-order valence-corrected chi connectivity index (χ0v) is 4.57. The van der Waals surface area contributed by atoms with Crippen molar-refractivity contribution in [3.63, 3.8) is 0 Å². The molecule has 5 heavy (non-hydrogen) atoms. The Balaban J connectivity index is 0. The number of halogens is 1. The van der Waals surface area contributed by atoms with Gasteiger partial charge in [0.15, 0.2) is 0 Å². The van der Waals surface area contributed by atoms with Crippen LogP contribution in [0.25, 0.3) is 0 Å². The molecule has 0 unspecified atom stereocenters. The molecule has 0 aliphatic heterocycles. The predicted molar refractivity (Wildman–Crippen MR) is 11.5 cm³/mol. The maximum absolute atomic E-state index is 7.12. The van der Waals surface area contributed by atoms with Crippen molar-refractivity contribution in [2.24, 2.45) is 0 Å². The Morgan fingerprint density at radius 2 is 1.60 bits per heavy atom. The zero-order valence-electron chi connectivity index (χ0n) is 1.93. The van der Waals surface area contributed by atoms with Crippen molar-refractivity contribution < 1.29 is 31.1 Å². The molecule has 0 heterocycles. The molecular formula is CClCu2N. The third-order valence-electron chi connectivity index (χ3n) is 0. The molecule has 0 saturated carbocycles. The number of nitriles is 1. The SMILES string of the molecule is N#[C][Cu].[Cl][Cu]. The minimum absolute atomic E-state index is 1.31. The van der Waals surface area contributed by atoms with Gasteiger partial charge in [-0.05, 0) is 0 Å². The molecule has 38 valence electrons. The Morgan fingerprint density at radius 1 is 1.60 bits per heavy atom. The second-order valence-corrected chi connectivity index (χ2v) is 0.278. The van der Waals surface area contributed by atoms with E-state index in [1.54, 1.807) is 0 Å². The van der Waals surface area contributed by atoms with E-state index in [9.17, 15) is 0 Å². The van der Waals surface area contributed by atoms with E-state index in [0.29, 0.717) is 0 Å². The Kier molecular flexibility index (Phi) is 39.4. The van der Waals surface area contributed by atoms with E-state index in [4.69, 9.17) is 5.26 Å². The van der Waals surface area contributed by atoms with Crippen LogP contribution >= 0.6 is 10.1 Å². The van der Waals surface area contributed by atoms with Crippen LogP contribution in [0.4, 0.5) is 0 Å². The van der Waals surface area contributed by atoms with Crippen molar-refractivity contribution in [1.29, 1.82) is 5.26 Å². The molecule has 0 aliphatic carbocycles. The Hall–Kier alpha value is 0.819. The van der Waals surface area contributed by atoms with Gasteiger partial charge in [0.2, 0.25) is 0 Å². The first kappa shape index (κ1) is 9.27. The molecule has 0 rings (SSSR count). The zero-order chi connectivity index (χ0) is 4.71. The fourth-order valence-corrected chi connectivity index (χ4v) is 0. The summed E-state index contributed by atoms with van der Waals surface area (Å²) < 4.78 is 0.